The minimum absolute atomic E-state index is 0.0943. The zero-order chi connectivity index (χ0) is 16.3. The summed E-state index contributed by atoms with van der Waals surface area (Å²) in [6.07, 6.45) is 1.98. The molecule has 0 bridgehead atoms. The van der Waals surface area contributed by atoms with E-state index in [0.717, 1.165) is 18.4 Å². The highest BCUT2D eigenvalue weighted by molar-refractivity contribution is 7.89. The van der Waals surface area contributed by atoms with Crippen molar-refractivity contribution < 1.29 is 13.2 Å². The first-order chi connectivity index (χ1) is 11.0. The average molecular weight is 330 g/mol. The monoisotopic (exact) mass is 330 g/mol. The molecule has 120 valence electrons. The Hall–Kier alpha value is -2.18. The number of benzene rings is 2. The molecular formula is C17H18N2O3S. The molecule has 1 saturated carbocycles. The first-order valence-electron chi connectivity index (χ1n) is 7.49. The number of carbonyl (C=O) groups is 1. The Bertz CT molecular complexity index is 800. The van der Waals surface area contributed by atoms with E-state index in [4.69, 9.17) is 0 Å². The zero-order valence-electron chi connectivity index (χ0n) is 12.5. The highest BCUT2D eigenvalue weighted by Crippen LogP contribution is 2.20. The number of hydrogen-bond acceptors (Lipinski definition) is 3. The lowest BCUT2D eigenvalue weighted by Crippen LogP contribution is -2.26. The normalized spacial score (nSPS) is 14.4. The molecule has 23 heavy (non-hydrogen) atoms. The second-order valence-corrected chi connectivity index (χ2v) is 7.35. The third-order valence-corrected chi connectivity index (χ3v) is 5.03. The van der Waals surface area contributed by atoms with E-state index >= 15 is 0 Å². The average Bonchev–Trinajstić information content (AvgIpc) is 3.38. The molecule has 3 rings (SSSR count). The number of amides is 1. The molecule has 1 fully saturated rings. The Kier molecular flexibility index (Phi) is 4.45. The maximum Gasteiger partial charge on any atom is 0.251 e. The van der Waals surface area contributed by atoms with E-state index in [9.17, 15) is 13.2 Å². The predicted molar refractivity (Wildman–Crippen MR) is 87.4 cm³/mol. The molecule has 2 aromatic rings. The van der Waals surface area contributed by atoms with Gasteiger partial charge in [-0.25, -0.2) is 13.1 Å². The second kappa shape index (κ2) is 6.52. The number of sulfonamides is 1. The number of hydrogen-bond donors (Lipinski definition) is 2. The Morgan fingerprint density at radius 3 is 2.48 bits per heavy atom. The van der Waals surface area contributed by atoms with Gasteiger partial charge in [0.2, 0.25) is 10.0 Å². The Morgan fingerprint density at radius 1 is 1.04 bits per heavy atom. The van der Waals surface area contributed by atoms with Gasteiger partial charge in [-0.15, -0.1) is 0 Å². The quantitative estimate of drug-likeness (QED) is 0.851. The summed E-state index contributed by atoms with van der Waals surface area (Å²) in [4.78, 5) is 12.1. The van der Waals surface area contributed by atoms with Gasteiger partial charge in [0.15, 0.2) is 0 Å². The highest BCUT2D eigenvalue weighted by atomic mass is 32.2. The topological polar surface area (TPSA) is 75.3 Å². The smallest absolute Gasteiger partial charge is 0.251 e. The second-order valence-electron chi connectivity index (χ2n) is 5.59. The maximum absolute atomic E-state index is 12.4. The number of carbonyl (C=O) groups excluding carboxylic acids is 1. The molecule has 0 saturated heterocycles. The molecule has 0 aromatic heterocycles. The standard InChI is InChI=1S/C17H18N2O3S/c20-17(19-15-9-10-15)14-7-4-8-16(11-14)23(21,22)18-12-13-5-2-1-3-6-13/h1-8,11,15,18H,9-10,12H2,(H,19,20). The van der Waals surface area contributed by atoms with Crippen molar-refractivity contribution in [3.05, 3.63) is 65.7 Å². The van der Waals surface area contributed by atoms with Gasteiger partial charge in [0.05, 0.1) is 4.90 Å². The van der Waals surface area contributed by atoms with Crippen molar-refractivity contribution >= 4 is 15.9 Å². The lowest BCUT2D eigenvalue weighted by molar-refractivity contribution is 0.0951. The van der Waals surface area contributed by atoms with Crippen LogP contribution < -0.4 is 10.0 Å². The first-order valence-corrected chi connectivity index (χ1v) is 8.97. The van der Waals surface area contributed by atoms with Gasteiger partial charge < -0.3 is 5.32 Å². The van der Waals surface area contributed by atoms with Crippen LogP contribution in [0.4, 0.5) is 0 Å². The molecule has 2 aromatic carbocycles. The van der Waals surface area contributed by atoms with Crippen molar-refractivity contribution in [1.82, 2.24) is 10.0 Å². The lowest BCUT2D eigenvalue weighted by atomic mass is 10.2. The van der Waals surface area contributed by atoms with Crippen LogP contribution in [0.2, 0.25) is 0 Å². The van der Waals surface area contributed by atoms with Crippen LogP contribution in [-0.4, -0.2) is 20.4 Å². The molecule has 1 amide bonds. The van der Waals surface area contributed by atoms with E-state index in [1.54, 1.807) is 12.1 Å². The third kappa shape index (κ3) is 4.18. The molecule has 1 aliphatic rings. The van der Waals surface area contributed by atoms with Gasteiger partial charge in [-0.2, -0.15) is 0 Å². The van der Waals surface area contributed by atoms with E-state index < -0.39 is 10.0 Å². The van der Waals surface area contributed by atoms with Gasteiger partial charge in [0, 0.05) is 18.2 Å². The zero-order valence-corrected chi connectivity index (χ0v) is 13.3. The minimum Gasteiger partial charge on any atom is -0.349 e. The van der Waals surface area contributed by atoms with E-state index in [1.807, 2.05) is 30.3 Å². The van der Waals surface area contributed by atoms with Crippen LogP contribution >= 0.6 is 0 Å². The van der Waals surface area contributed by atoms with Gasteiger partial charge >= 0.3 is 0 Å². The largest absolute Gasteiger partial charge is 0.349 e. The predicted octanol–water partition coefficient (Wildman–Crippen LogP) is 2.06. The van der Waals surface area contributed by atoms with Crippen LogP contribution in [0.5, 0.6) is 0 Å². The van der Waals surface area contributed by atoms with Crippen LogP contribution in [0.1, 0.15) is 28.8 Å². The van der Waals surface area contributed by atoms with Crippen molar-refractivity contribution in [3.8, 4) is 0 Å². The van der Waals surface area contributed by atoms with Crippen LogP contribution in [0, 0.1) is 0 Å². The highest BCUT2D eigenvalue weighted by Gasteiger charge is 2.24. The summed E-state index contributed by atoms with van der Waals surface area (Å²) in [5.74, 6) is -0.229. The summed E-state index contributed by atoms with van der Waals surface area (Å²) in [6, 6.07) is 15.6. The lowest BCUT2D eigenvalue weighted by Gasteiger charge is -2.09. The van der Waals surface area contributed by atoms with E-state index in [2.05, 4.69) is 10.0 Å². The van der Waals surface area contributed by atoms with Gasteiger partial charge in [-0.05, 0) is 36.6 Å². The fourth-order valence-corrected chi connectivity index (χ4v) is 3.22. The summed E-state index contributed by atoms with van der Waals surface area (Å²) in [6.45, 7) is 0.210. The third-order valence-electron chi connectivity index (χ3n) is 3.63. The van der Waals surface area contributed by atoms with Gasteiger partial charge in [-0.1, -0.05) is 36.4 Å². The maximum atomic E-state index is 12.4. The Morgan fingerprint density at radius 2 is 1.78 bits per heavy atom. The molecule has 0 heterocycles. The van der Waals surface area contributed by atoms with E-state index in [-0.39, 0.29) is 23.4 Å². The fourth-order valence-electron chi connectivity index (χ4n) is 2.16. The van der Waals surface area contributed by atoms with Gasteiger partial charge in [-0.3, -0.25) is 4.79 Å². The van der Waals surface area contributed by atoms with Crippen molar-refractivity contribution in [3.63, 3.8) is 0 Å². The molecule has 0 atom stereocenters. The molecular weight excluding hydrogens is 312 g/mol. The summed E-state index contributed by atoms with van der Waals surface area (Å²) < 4.78 is 27.3. The van der Waals surface area contributed by atoms with Crippen LogP contribution in [0.25, 0.3) is 0 Å². The minimum atomic E-state index is -3.66. The summed E-state index contributed by atoms with van der Waals surface area (Å²) in [5, 5.41) is 2.85. The van der Waals surface area contributed by atoms with Gasteiger partial charge in [0.25, 0.3) is 5.91 Å². The Labute approximate surface area is 135 Å². The molecule has 2 N–H and O–H groups in total. The summed E-state index contributed by atoms with van der Waals surface area (Å²) >= 11 is 0. The van der Waals surface area contributed by atoms with E-state index in [0.29, 0.717) is 5.56 Å². The van der Waals surface area contributed by atoms with E-state index in [1.165, 1.54) is 12.1 Å². The Balaban J connectivity index is 1.72. The first kappa shape index (κ1) is 15.7. The number of nitrogens with one attached hydrogen (secondary N) is 2. The van der Waals surface area contributed by atoms with Gasteiger partial charge in [0.1, 0.15) is 0 Å². The molecule has 0 radical (unpaired) electrons. The van der Waals surface area contributed by atoms with Crippen molar-refractivity contribution in [2.75, 3.05) is 0 Å². The van der Waals surface area contributed by atoms with Crippen molar-refractivity contribution in [2.24, 2.45) is 0 Å². The molecule has 0 spiro atoms. The molecule has 0 aliphatic heterocycles. The molecule has 0 unspecified atom stereocenters. The van der Waals surface area contributed by atoms with Crippen LogP contribution in [0.15, 0.2) is 59.5 Å². The summed E-state index contributed by atoms with van der Waals surface area (Å²) in [5.41, 5.74) is 1.23. The SMILES string of the molecule is O=C(NC1CC1)c1cccc(S(=O)(=O)NCc2ccccc2)c1. The summed E-state index contributed by atoms with van der Waals surface area (Å²) in [7, 11) is -3.66. The molecule has 6 heteroatoms. The van der Waals surface area contributed by atoms with Crippen molar-refractivity contribution in [2.45, 2.75) is 30.3 Å². The van der Waals surface area contributed by atoms with Crippen molar-refractivity contribution in [1.29, 1.82) is 0 Å². The van der Waals surface area contributed by atoms with Crippen LogP contribution in [-0.2, 0) is 16.6 Å². The van der Waals surface area contributed by atoms with Crippen LogP contribution in [0.3, 0.4) is 0 Å². The molecule has 5 nitrogen and oxygen atoms in total. The fraction of sp³-hybridized carbons (Fsp3) is 0.235. The molecule has 1 aliphatic carbocycles. The number of rotatable bonds is 6.